The van der Waals surface area contributed by atoms with Crippen molar-refractivity contribution in [2.24, 2.45) is 5.92 Å². The number of β-amino-alcohol motifs (C(OH)–C–C–N with tert-alkyl or cyclic N) is 1. The predicted octanol–water partition coefficient (Wildman–Crippen LogP) is -0.722. The van der Waals surface area contributed by atoms with Crippen LogP contribution < -0.4 is 0 Å². The van der Waals surface area contributed by atoms with Gasteiger partial charge >= 0.3 is 0 Å². The fourth-order valence-electron chi connectivity index (χ4n) is 1.42. The highest BCUT2D eigenvalue weighted by Gasteiger charge is 2.30. The van der Waals surface area contributed by atoms with Gasteiger partial charge in [-0.3, -0.25) is 0 Å². The van der Waals surface area contributed by atoms with Gasteiger partial charge in [0.15, 0.2) is 0 Å². The summed E-state index contributed by atoms with van der Waals surface area (Å²) in [6, 6.07) is 0. The minimum Gasteiger partial charge on any atom is -0.391 e. The Kier molecular flexibility index (Phi) is 3.05. The third kappa shape index (κ3) is 2.49. The van der Waals surface area contributed by atoms with Crippen LogP contribution in [0, 0.1) is 11.3 Å². The average Bonchev–Trinajstić information content (AvgIpc) is 2.02. The monoisotopic (exact) mass is 206 g/mol. The zero-order chi connectivity index (χ0) is 10.1. The molecule has 1 aliphatic rings. The van der Waals surface area contributed by atoms with Crippen LogP contribution in [0.5, 0.6) is 0 Å². The van der Waals surface area contributed by atoms with E-state index in [1.165, 1.54) is 10.5 Å². The van der Waals surface area contributed by atoms with Gasteiger partial charge in [-0.1, -0.05) is 0 Å². The van der Waals surface area contributed by atoms with Gasteiger partial charge in [0.1, 0.15) is 0 Å². The molecule has 0 aromatic heterocycles. The topological polar surface area (TPSA) is 81.5 Å². The Balaban J connectivity index is 2.66. The third-order valence-electron chi connectivity index (χ3n) is 2.28. The molecule has 0 aliphatic carbocycles. The van der Waals surface area contributed by atoms with Crippen LogP contribution >= 0.6 is 0 Å². The van der Waals surface area contributed by atoms with Gasteiger partial charge in [-0.25, -0.2) is 8.42 Å². The second-order valence-electron chi connectivity index (χ2n) is 3.31. The predicted molar refractivity (Wildman–Crippen MR) is 49.3 cm³/mol. The van der Waals surface area contributed by atoms with Crippen LogP contribution in [-0.4, -0.2) is 49.5 Å². The van der Waals surface area contributed by atoms with Gasteiger partial charge in [-0.05, 0) is 6.42 Å². The Hall–Kier alpha value is -0.460. The van der Waals surface area contributed by atoms with Crippen LogP contribution in [0.1, 0.15) is 6.42 Å². The largest absolute Gasteiger partial charge is 0.391 e. The van der Waals surface area contributed by atoms with E-state index >= 15 is 0 Å². The number of nitrogens with zero attached hydrogens (tertiary/aromatic N) is 1. The molecule has 1 heterocycles. The van der Waals surface area contributed by atoms with Crippen molar-refractivity contribution in [3.8, 4) is 0 Å². The molecule has 76 valence electrons. The van der Waals surface area contributed by atoms with E-state index < -0.39 is 16.1 Å². The molecule has 0 bridgehead atoms. The lowest BCUT2D eigenvalue weighted by molar-refractivity contribution is 0.0827. The molecule has 0 spiro atoms. The molecule has 1 fully saturated rings. The van der Waals surface area contributed by atoms with Crippen LogP contribution in [0.4, 0.5) is 0 Å². The van der Waals surface area contributed by atoms with Gasteiger partial charge in [0.05, 0.1) is 12.4 Å². The number of hydrogen-bond donors (Lipinski definition) is 2. The Bertz CT molecular complexity index is 288. The van der Waals surface area contributed by atoms with Crippen LogP contribution in [0.3, 0.4) is 0 Å². The van der Waals surface area contributed by atoms with Gasteiger partial charge in [0.2, 0.25) is 10.0 Å². The zero-order valence-electron chi connectivity index (χ0n) is 7.47. The minimum absolute atomic E-state index is 0.110. The Morgan fingerprint density at radius 1 is 1.62 bits per heavy atom. The molecule has 1 aliphatic heterocycles. The second-order valence-corrected chi connectivity index (χ2v) is 5.29. The molecule has 0 aromatic rings. The number of hydrogen-bond acceptors (Lipinski definition) is 4. The summed E-state index contributed by atoms with van der Waals surface area (Å²) in [4.78, 5) is 0. The van der Waals surface area contributed by atoms with E-state index in [4.69, 9.17) is 5.41 Å². The molecule has 5 nitrogen and oxygen atoms in total. The maximum Gasteiger partial charge on any atom is 0.211 e. The first kappa shape index (κ1) is 10.6. The van der Waals surface area contributed by atoms with Crippen molar-refractivity contribution in [1.29, 1.82) is 5.41 Å². The van der Waals surface area contributed by atoms with E-state index in [-0.39, 0.29) is 12.5 Å². The number of sulfonamides is 1. The second kappa shape index (κ2) is 3.73. The molecule has 2 atom stereocenters. The fraction of sp³-hybridized carbons (Fsp3) is 0.857. The number of rotatable bonds is 2. The van der Waals surface area contributed by atoms with Crippen LogP contribution in [0.15, 0.2) is 0 Å². The summed E-state index contributed by atoms with van der Waals surface area (Å²) >= 11 is 0. The molecule has 0 aromatic carbocycles. The summed E-state index contributed by atoms with van der Waals surface area (Å²) in [6.45, 7) is 0.509. The summed E-state index contributed by atoms with van der Waals surface area (Å²) < 4.78 is 23.4. The lowest BCUT2D eigenvalue weighted by Gasteiger charge is -2.32. The van der Waals surface area contributed by atoms with Crippen LogP contribution in [-0.2, 0) is 10.0 Å². The number of piperidine rings is 1. The van der Waals surface area contributed by atoms with Gasteiger partial charge in [0, 0.05) is 25.2 Å². The highest BCUT2D eigenvalue weighted by molar-refractivity contribution is 7.88. The molecule has 0 saturated carbocycles. The summed E-state index contributed by atoms with van der Waals surface area (Å²) in [6.07, 6.45) is 2.10. The summed E-state index contributed by atoms with van der Waals surface area (Å²) in [5.74, 6) is -0.196. The van der Waals surface area contributed by atoms with Crippen molar-refractivity contribution in [3.63, 3.8) is 0 Å². The van der Waals surface area contributed by atoms with Gasteiger partial charge in [-0.15, -0.1) is 0 Å². The molecule has 0 amide bonds. The Morgan fingerprint density at radius 3 is 2.62 bits per heavy atom. The Morgan fingerprint density at radius 2 is 2.23 bits per heavy atom. The molecule has 0 unspecified atom stereocenters. The van der Waals surface area contributed by atoms with Crippen LogP contribution in [0.2, 0.25) is 0 Å². The SMILES string of the molecule is CS(=O)(=O)N1CC[C@@H](C=N)[C@H](O)C1. The fourth-order valence-corrected chi connectivity index (χ4v) is 2.28. The van der Waals surface area contributed by atoms with Gasteiger partial charge in [-0.2, -0.15) is 4.31 Å². The van der Waals surface area contributed by atoms with E-state index in [1.54, 1.807) is 0 Å². The smallest absolute Gasteiger partial charge is 0.211 e. The van der Waals surface area contributed by atoms with Crippen molar-refractivity contribution in [3.05, 3.63) is 0 Å². The quantitative estimate of drug-likeness (QED) is 0.585. The third-order valence-corrected chi connectivity index (χ3v) is 3.55. The molecule has 1 saturated heterocycles. The molecule has 2 N–H and O–H groups in total. The van der Waals surface area contributed by atoms with E-state index in [0.717, 1.165) is 6.26 Å². The molecule has 1 rings (SSSR count). The summed E-state index contributed by atoms with van der Waals surface area (Å²) in [5.41, 5.74) is 0. The van der Waals surface area contributed by atoms with Crippen molar-refractivity contribution in [2.45, 2.75) is 12.5 Å². The number of aliphatic hydroxyl groups excluding tert-OH is 1. The number of nitrogens with one attached hydrogen (secondary N) is 1. The van der Waals surface area contributed by atoms with E-state index in [2.05, 4.69) is 0 Å². The standard InChI is InChI=1S/C7H14N2O3S/c1-13(11,12)9-3-2-6(4-8)7(10)5-9/h4,6-8,10H,2-3,5H2,1H3/t6-,7+/m0/s1. The van der Waals surface area contributed by atoms with Crippen LogP contribution in [0.25, 0.3) is 0 Å². The molecule has 6 heteroatoms. The van der Waals surface area contributed by atoms with Gasteiger partial charge in [0.25, 0.3) is 0 Å². The van der Waals surface area contributed by atoms with Crippen molar-refractivity contribution in [1.82, 2.24) is 4.31 Å². The van der Waals surface area contributed by atoms with Crippen molar-refractivity contribution < 1.29 is 13.5 Å². The van der Waals surface area contributed by atoms with E-state index in [9.17, 15) is 13.5 Å². The highest BCUT2D eigenvalue weighted by Crippen LogP contribution is 2.17. The Labute approximate surface area is 77.9 Å². The first-order valence-electron chi connectivity index (χ1n) is 4.09. The molecular formula is C7H14N2O3S. The first-order chi connectivity index (χ1) is 5.95. The zero-order valence-corrected chi connectivity index (χ0v) is 8.29. The lowest BCUT2D eigenvalue weighted by atomic mass is 9.97. The van der Waals surface area contributed by atoms with Crippen molar-refractivity contribution >= 4 is 16.2 Å². The first-order valence-corrected chi connectivity index (χ1v) is 5.93. The summed E-state index contributed by atoms with van der Waals surface area (Å²) in [5, 5.41) is 16.4. The highest BCUT2D eigenvalue weighted by atomic mass is 32.2. The summed E-state index contributed by atoms with van der Waals surface area (Å²) in [7, 11) is -3.19. The maximum absolute atomic E-state index is 11.1. The lowest BCUT2D eigenvalue weighted by Crippen LogP contribution is -2.46. The maximum atomic E-state index is 11.1. The van der Waals surface area contributed by atoms with Crippen molar-refractivity contribution in [2.75, 3.05) is 19.3 Å². The molecular weight excluding hydrogens is 192 g/mol. The minimum atomic E-state index is -3.19. The number of aliphatic hydroxyl groups is 1. The molecule has 0 radical (unpaired) electrons. The molecule has 13 heavy (non-hydrogen) atoms. The normalized spacial score (nSPS) is 31.5. The van der Waals surface area contributed by atoms with E-state index in [0.29, 0.717) is 13.0 Å². The average molecular weight is 206 g/mol. The van der Waals surface area contributed by atoms with E-state index in [1.807, 2.05) is 0 Å². The van der Waals surface area contributed by atoms with Gasteiger partial charge < -0.3 is 10.5 Å².